The molecule has 0 aromatic carbocycles. The summed E-state index contributed by atoms with van der Waals surface area (Å²) in [5, 5.41) is 0. The van der Waals surface area contributed by atoms with Crippen LogP contribution in [0.4, 0.5) is 8.78 Å². The molecule has 0 spiro atoms. The van der Waals surface area contributed by atoms with Crippen molar-refractivity contribution in [2.45, 2.75) is 90.4 Å². The summed E-state index contributed by atoms with van der Waals surface area (Å²) in [7, 11) is 0. The molecule has 0 heterocycles. The van der Waals surface area contributed by atoms with Crippen LogP contribution in [0.25, 0.3) is 0 Å². The summed E-state index contributed by atoms with van der Waals surface area (Å²) in [5.74, 6) is 3.12. The van der Waals surface area contributed by atoms with Crippen LogP contribution in [0.15, 0.2) is 0 Å². The summed E-state index contributed by atoms with van der Waals surface area (Å²) in [6.07, 6.45) is 9.89. The Balaban J connectivity index is 0.00000192. The molecule has 0 amide bonds. The third kappa shape index (κ3) is 4.27. The molecule has 0 aliphatic heterocycles. The Morgan fingerprint density at radius 2 is 1.09 bits per heavy atom. The fourth-order valence-electron chi connectivity index (χ4n) is 5.62. The van der Waals surface area contributed by atoms with Gasteiger partial charge in [-0.15, -0.1) is 0 Å². The fourth-order valence-corrected chi connectivity index (χ4v) is 5.62. The van der Waals surface area contributed by atoms with Gasteiger partial charge in [-0.05, 0) is 86.9 Å². The molecule has 0 radical (unpaired) electrons. The van der Waals surface area contributed by atoms with Crippen molar-refractivity contribution < 1.29 is 17.1 Å². The van der Waals surface area contributed by atoms with Crippen LogP contribution in [-0.4, -0.2) is 17.8 Å². The summed E-state index contributed by atoms with van der Waals surface area (Å²) in [6, 6.07) is 0. The largest absolute Gasteiger partial charge is 0.412 e. The van der Waals surface area contributed by atoms with E-state index >= 15 is 0 Å². The molecule has 4 unspecified atom stereocenters. The van der Waals surface area contributed by atoms with Crippen molar-refractivity contribution in [2.24, 2.45) is 35.5 Å². The highest BCUT2D eigenvalue weighted by Crippen LogP contribution is 2.46. The van der Waals surface area contributed by atoms with Crippen LogP contribution >= 0.6 is 0 Å². The highest BCUT2D eigenvalue weighted by molar-refractivity contribution is 4.92. The minimum Gasteiger partial charge on any atom is -0.412 e. The van der Waals surface area contributed by atoms with Crippen LogP contribution in [0.1, 0.15) is 80.9 Å². The standard InChI is InChI=1S/C20H34F2.H2O.2H2/c1-13-3-6-15(7-4-13)16-8-10-17(11-9-16)18-12-5-14(2)19(21)20(18)22;;;/h13-20H,3-12H2,1-2H3;1H2;2*1H. The Morgan fingerprint density at radius 1 is 0.609 bits per heavy atom. The highest BCUT2D eigenvalue weighted by atomic mass is 19.2. The first-order valence-corrected chi connectivity index (χ1v) is 9.84. The first-order valence-electron chi connectivity index (χ1n) is 9.84. The molecule has 0 aromatic rings. The van der Waals surface area contributed by atoms with E-state index in [1.54, 1.807) is 0 Å². The van der Waals surface area contributed by atoms with Crippen LogP contribution in [0.5, 0.6) is 0 Å². The first kappa shape index (κ1) is 19.1. The Morgan fingerprint density at radius 3 is 1.65 bits per heavy atom. The van der Waals surface area contributed by atoms with Crippen LogP contribution < -0.4 is 0 Å². The predicted molar refractivity (Wildman–Crippen MR) is 96.1 cm³/mol. The molecule has 3 aliphatic rings. The second-order valence-corrected chi connectivity index (χ2v) is 8.80. The van der Waals surface area contributed by atoms with Crippen molar-refractivity contribution in [3.8, 4) is 0 Å². The van der Waals surface area contributed by atoms with Gasteiger partial charge >= 0.3 is 0 Å². The van der Waals surface area contributed by atoms with Gasteiger partial charge in [-0.25, -0.2) is 8.78 Å². The lowest BCUT2D eigenvalue weighted by atomic mass is 9.64. The van der Waals surface area contributed by atoms with Gasteiger partial charge < -0.3 is 5.48 Å². The zero-order valence-electron chi connectivity index (χ0n) is 14.9. The van der Waals surface area contributed by atoms with Crippen LogP contribution in [-0.2, 0) is 0 Å². The summed E-state index contributed by atoms with van der Waals surface area (Å²) < 4.78 is 28.4. The van der Waals surface area contributed by atoms with E-state index in [1.807, 2.05) is 6.92 Å². The lowest BCUT2D eigenvalue weighted by molar-refractivity contribution is -0.00996. The molecule has 0 aromatic heterocycles. The van der Waals surface area contributed by atoms with Crippen molar-refractivity contribution in [3.63, 3.8) is 0 Å². The van der Waals surface area contributed by atoms with Crippen molar-refractivity contribution in [2.75, 3.05) is 0 Å². The summed E-state index contributed by atoms with van der Waals surface area (Å²) in [4.78, 5) is 0. The topological polar surface area (TPSA) is 31.5 Å². The van der Waals surface area contributed by atoms with E-state index < -0.39 is 12.3 Å². The summed E-state index contributed by atoms with van der Waals surface area (Å²) in [5.41, 5.74) is 0. The van der Waals surface area contributed by atoms with E-state index in [4.69, 9.17) is 0 Å². The lowest BCUT2D eigenvalue weighted by Crippen LogP contribution is -2.41. The minimum absolute atomic E-state index is 0. The van der Waals surface area contributed by atoms with Gasteiger partial charge in [-0.2, -0.15) is 0 Å². The van der Waals surface area contributed by atoms with Gasteiger partial charge in [0.2, 0.25) is 0 Å². The summed E-state index contributed by atoms with van der Waals surface area (Å²) >= 11 is 0. The average Bonchev–Trinajstić information content (AvgIpc) is 2.54. The molecule has 3 aliphatic carbocycles. The SMILES string of the molecule is CC1CCC(C2CCC(C3CCC(C)C(F)C3F)CC2)CC1.O.[HH].[HH]. The molecule has 3 heteroatoms. The summed E-state index contributed by atoms with van der Waals surface area (Å²) in [6.45, 7) is 4.25. The smallest absolute Gasteiger partial charge is 0.134 e. The number of hydrogen-bond acceptors (Lipinski definition) is 0. The molecule has 23 heavy (non-hydrogen) atoms. The Hall–Kier alpha value is -0.180. The second-order valence-electron chi connectivity index (χ2n) is 8.80. The number of halogens is 2. The van der Waals surface area contributed by atoms with E-state index in [2.05, 4.69) is 6.92 Å². The van der Waals surface area contributed by atoms with E-state index in [0.717, 1.165) is 43.4 Å². The average molecular weight is 335 g/mol. The van der Waals surface area contributed by atoms with E-state index in [1.165, 1.54) is 38.5 Å². The zero-order chi connectivity index (χ0) is 15.7. The van der Waals surface area contributed by atoms with Crippen molar-refractivity contribution in [3.05, 3.63) is 0 Å². The van der Waals surface area contributed by atoms with Gasteiger partial charge in [0.25, 0.3) is 0 Å². The minimum atomic E-state index is -1.21. The molecule has 140 valence electrons. The van der Waals surface area contributed by atoms with Gasteiger partial charge in [0, 0.05) is 2.85 Å². The molecule has 3 rings (SSSR count). The Kier molecular flexibility index (Phi) is 6.88. The second kappa shape index (κ2) is 8.27. The highest BCUT2D eigenvalue weighted by Gasteiger charge is 2.43. The fraction of sp³-hybridized carbons (Fsp3) is 1.00. The van der Waals surface area contributed by atoms with E-state index in [9.17, 15) is 8.78 Å². The van der Waals surface area contributed by atoms with Crippen LogP contribution in [0, 0.1) is 35.5 Å². The quantitative estimate of drug-likeness (QED) is 0.592. The van der Waals surface area contributed by atoms with Gasteiger partial charge in [0.05, 0.1) is 0 Å². The number of rotatable bonds is 2. The molecule has 4 atom stereocenters. The third-order valence-electron chi connectivity index (χ3n) is 7.36. The van der Waals surface area contributed by atoms with E-state index in [0.29, 0.717) is 5.92 Å². The van der Waals surface area contributed by atoms with Gasteiger partial charge in [-0.1, -0.05) is 26.7 Å². The molecule has 2 N–H and O–H groups in total. The third-order valence-corrected chi connectivity index (χ3v) is 7.36. The monoisotopic (exact) mass is 334 g/mol. The lowest BCUT2D eigenvalue weighted by Gasteiger charge is -2.42. The zero-order valence-corrected chi connectivity index (χ0v) is 14.9. The number of alkyl halides is 2. The maximum absolute atomic E-state index is 14.4. The van der Waals surface area contributed by atoms with Crippen molar-refractivity contribution in [1.29, 1.82) is 0 Å². The molecular formula is C20H40F2O. The maximum Gasteiger partial charge on any atom is 0.134 e. The molecule has 1 nitrogen and oxygen atoms in total. The first-order chi connectivity index (χ1) is 10.6. The molecular weight excluding hydrogens is 294 g/mol. The molecule has 3 saturated carbocycles. The normalized spacial score (nSPS) is 48.5. The van der Waals surface area contributed by atoms with Crippen molar-refractivity contribution in [1.82, 2.24) is 0 Å². The van der Waals surface area contributed by atoms with Crippen LogP contribution in [0.2, 0.25) is 0 Å². The van der Waals surface area contributed by atoms with Crippen LogP contribution in [0.3, 0.4) is 0 Å². The maximum atomic E-state index is 14.4. The number of hydrogen-bond donors (Lipinski definition) is 0. The van der Waals surface area contributed by atoms with Gasteiger partial charge in [0.1, 0.15) is 12.3 Å². The Labute approximate surface area is 143 Å². The van der Waals surface area contributed by atoms with Gasteiger partial charge in [0.15, 0.2) is 0 Å². The Bertz CT molecular complexity index is 356. The van der Waals surface area contributed by atoms with Crippen molar-refractivity contribution >= 4 is 0 Å². The van der Waals surface area contributed by atoms with Gasteiger partial charge in [-0.3, -0.25) is 0 Å². The molecule has 3 fully saturated rings. The van der Waals surface area contributed by atoms with E-state index in [-0.39, 0.29) is 20.2 Å². The molecule has 0 bridgehead atoms. The molecule has 0 saturated heterocycles. The predicted octanol–water partition coefficient (Wildman–Crippen LogP) is 6.01.